The van der Waals surface area contributed by atoms with Crippen LogP contribution in [-0.4, -0.2) is 16.0 Å². The molecule has 0 aliphatic heterocycles. The molecular formula is C10H7BrN2O3. The summed E-state index contributed by atoms with van der Waals surface area (Å²) in [4.78, 5) is 21.5. The third kappa shape index (κ3) is 2.25. The minimum Gasteiger partial charge on any atom is -0.293 e. The molecule has 1 aromatic carbocycles. The second kappa shape index (κ2) is 4.86. The van der Waals surface area contributed by atoms with Crippen LogP contribution in [0.25, 0.3) is 0 Å². The molecule has 0 unspecified atom stereocenters. The SMILES string of the molecule is Cc1cc(C(=O)CBr)cc(C#N)c1[N+](=O)[O-]. The van der Waals surface area contributed by atoms with Gasteiger partial charge in [-0.25, -0.2) is 0 Å². The number of nitro groups is 1. The van der Waals surface area contributed by atoms with E-state index in [4.69, 9.17) is 5.26 Å². The van der Waals surface area contributed by atoms with Crippen LogP contribution in [0.3, 0.4) is 0 Å². The van der Waals surface area contributed by atoms with Crippen LogP contribution in [0.1, 0.15) is 21.5 Å². The molecule has 0 aliphatic carbocycles. The Balaban J connectivity index is 3.45. The van der Waals surface area contributed by atoms with Crippen molar-refractivity contribution in [1.82, 2.24) is 0 Å². The Bertz CT molecular complexity index is 506. The number of carbonyl (C=O) groups is 1. The van der Waals surface area contributed by atoms with Crippen molar-refractivity contribution in [3.63, 3.8) is 0 Å². The average molecular weight is 283 g/mol. The molecular weight excluding hydrogens is 276 g/mol. The van der Waals surface area contributed by atoms with Crippen molar-refractivity contribution in [1.29, 1.82) is 5.26 Å². The Morgan fingerprint density at radius 3 is 2.69 bits per heavy atom. The van der Waals surface area contributed by atoms with Crippen LogP contribution >= 0.6 is 15.9 Å². The zero-order valence-corrected chi connectivity index (χ0v) is 9.94. The molecule has 0 fully saturated rings. The fraction of sp³-hybridized carbons (Fsp3) is 0.200. The lowest BCUT2D eigenvalue weighted by atomic mass is 10.0. The number of nitro benzene ring substituents is 1. The van der Waals surface area contributed by atoms with Crippen molar-refractivity contribution in [3.8, 4) is 6.07 Å². The van der Waals surface area contributed by atoms with E-state index in [-0.39, 0.29) is 22.4 Å². The fourth-order valence-corrected chi connectivity index (χ4v) is 1.67. The lowest BCUT2D eigenvalue weighted by molar-refractivity contribution is -0.385. The summed E-state index contributed by atoms with van der Waals surface area (Å²) in [5.41, 5.74) is 0.285. The summed E-state index contributed by atoms with van der Waals surface area (Å²) in [5, 5.41) is 19.6. The standard InChI is InChI=1S/C10H7BrN2O3/c1-6-2-7(9(14)4-11)3-8(5-12)10(6)13(15)16/h2-3H,4H2,1H3. The molecule has 0 saturated carbocycles. The van der Waals surface area contributed by atoms with E-state index < -0.39 is 4.92 Å². The first-order chi connectivity index (χ1) is 7.51. The molecule has 16 heavy (non-hydrogen) atoms. The normalized spacial score (nSPS) is 9.56. The number of carbonyl (C=O) groups excluding carboxylic acids is 1. The minimum atomic E-state index is -0.615. The minimum absolute atomic E-state index is 0.0886. The monoisotopic (exact) mass is 282 g/mol. The van der Waals surface area contributed by atoms with E-state index in [0.29, 0.717) is 11.1 Å². The molecule has 0 N–H and O–H groups in total. The number of halogens is 1. The summed E-state index contributed by atoms with van der Waals surface area (Å²) in [5.74, 6) is -0.213. The van der Waals surface area contributed by atoms with Gasteiger partial charge in [0.25, 0.3) is 5.69 Å². The second-order valence-corrected chi connectivity index (χ2v) is 3.68. The largest absolute Gasteiger partial charge is 0.293 e. The van der Waals surface area contributed by atoms with Gasteiger partial charge in [0, 0.05) is 11.1 Å². The van der Waals surface area contributed by atoms with Crippen LogP contribution in [0.5, 0.6) is 0 Å². The summed E-state index contributed by atoms with van der Waals surface area (Å²) >= 11 is 3.00. The number of hydrogen-bond acceptors (Lipinski definition) is 4. The predicted octanol–water partition coefficient (Wildman–Crippen LogP) is 2.35. The highest BCUT2D eigenvalue weighted by molar-refractivity contribution is 9.09. The molecule has 0 aliphatic rings. The summed E-state index contributed by atoms with van der Waals surface area (Å²) < 4.78 is 0. The van der Waals surface area contributed by atoms with Gasteiger partial charge in [0.1, 0.15) is 11.6 Å². The number of aryl methyl sites for hydroxylation is 1. The van der Waals surface area contributed by atoms with E-state index in [2.05, 4.69) is 15.9 Å². The zero-order chi connectivity index (χ0) is 12.3. The van der Waals surface area contributed by atoms with Crippen LogP contribution in [0, 0.1) is 28.4 Å². The van der Waals surface area contributed by atoms with Gasteiger partial charge in [-0.05, 0) is 19.1 Å². The van der Waals surface area contributed by atoms with Crippen molar-refractivity contribution >= 4 is 27.4 Å². The molecule has 0 saturated heterocycles. The third-order valence-corrected chi connectivity index (χ3v) is 2.56. The van der Waals surface area contributed by atoms with E-state index in [1.165, 1.54) is 19.1 Å². The van der Waals surface area contributed by atoms with Gasteiger partial charge in [0.05, 0.1) is 10.3 Å². The van der Waals surface area contributed by atoms with E-state index in [0.717, 1.165) is 0 Å². The van der Waals surface area contributed by atoms with Gasteiger partial charge in [0.2, 0.25) is 0 Å². The maximum atomic E-state index is 11.4. The van der Waals surface area contributed by atoms with Crippen LogP contribution in [-0.2, 0) is 0 Å². The molecule has 0 amide bonds. The fourth-order valence-electron chi connectivity index (χ4n) is 1.35. The van der Waals surface area contributed by atoms with Crippen molar-refractivity contribution in [2.75, 3.05) is 5.33 Å². The zero-order valence-electron chi connectivity index (χ0n) is 8.36. The molecule has 0 spiro atoms. The van der Waals surface area contributed by atoms with E-state index >= 15 is 0 Å². The second-order valence-electron chi connectivity index (χ2n) is 3.12. The van der Waals surface area contributed by atoms with Gasteiger partial charge in [-0.1, -0.05) is 15.9 Å². The molecule has 0 aromatic heterocycles. The van der Waals surface area contributed by atoms with E-state index in [1.807, 2.05) is 0 Å². The molecule has 0 radical (unpaired) electrons. The number of benzene rings is 1. The molecule has 1 rings (SSSR count). The van der Waals surface area contributed by atoms with Gasteiger partial charge in [-0.2, -0.15) is 5.26 Å². The molecule has 0 heterocycles. The predicted molar refractivity (Wildman–Crippen MR) is 60.7 cm³/mol. The number of nitrogens with zero attached hydrogens (tertiary/aromatic N) is 2. The van der Waals surface area contributed by atoms with Crippen LogP contribution in [0.2, 0.25) is 0 Å². The summed E-state index contributed by atoms with van der Waals surface area (Å²) in [6, 6.07) is 4.39. The number of nitriles is 1. The van der Waals surface area contributed by atoms with Gasteiger partial charge < -0.3 is 0 Å². The quantitative estimate of drug-likeness (QED) is 0.369. The maximum absolute atomic E-state index is 11.4. The molecule has 5 nitrogen and oxygen atoms in total. The number of ketones is 1. The van der Waals surface area contributed by atoms with E-state index in [9.17, 15) is 14.9 Å². The van der Waals surface area contributed by atoms with Gasteiger partial charge >= 0.3 is 0 Å². The number of Topliss-reactive ketones (excluding diaryl/α,β-unsaturated/α-hetero) is 1. The maximum Gasteiger partial charge on any atom is 0.289 e. The molecule has 0 bridgehead atoms. The lowest BCUT2D eigenvalue weighted by Crippen LogP contribution is -2.04. The molecule has 6 heteroatoms. The Kier molecular flexibility index (Phi) is 3.74. The first kappa shape index (κ1) is 12.3. The highest BCUT2D eigenvalue weighted by Crippen LogP contribution is 2.24. The van der Waals surface area contributed by atoms with Crippen molar-refractivity contribution in [2.45, 2.75) is 6.92 Å². The summed E-state index contributed by atoms with van der Waals surface area (Å²) in [6.45, 7) is 1.50. The highest BCUT2D eigenvalue weighted by Gasteiger charge is 2.20. The van der Waals surface area contributed by atoms with Crippen molar-refractivity contribution in [2.24, 2.45) is 0 Å². The van der Waals surface area contributed by atoms with Crippen LogP contribution in [0.15, 0.2) is 12.1 Å². The first-order valence-electron chi connectivity index (χ1n) is 4.29. The molecule has 82 valence electrons. The summed E-state index contributed by atoms with van der Waals surface area (Å²) in [7, 11) is 0. The Morgan fingerprint density at radius 1 is 1.62 bits per heavy atom. The Hall–Kier alpha value is -1.74. The van der Waals surface area contributed by atoms with Crippen LogP contribution < -0.4 is 0 Å². The number of rotatable bonds is 3. The van der Waals surface area contributed by atoms with E-state index in [1.54, 1.807) is 6.07 Å². The van der Waals surface area contributed by atoms with Crippen molar-refractivity contribution in [3.05, 3.63) is 38.9 Å². The lowest BCUT2D eigenvalue weighted by Gasteiger charge is -2.02. The Labute approximate surface area is 100.0 Å². The van der Waals surface area contributed by atoms with Gasteiger partial charge in [-0.15, -0.1) is 0 Å². The smallest absolute Gasteiger partial charge is 0.289 e. The number of alkyl halides is 1. The third-order valence-electron chi connectivity index (χ3n) is 2.05. The average Bonchev–Trinajstić information content (AvgIpc) is 2.26. The van der Waals surface area contributed by atoms with Crippen molar-refractivity contribution < 1.29 is 9.72 Å². The molecule has 1 aromatic rings. The summed E-state index contributed by atoms with van der Waals surface area (Å²) in [6.07, 6.45) is 0. The van der Waals surface area contributed by atoms with Gasteiger partial charge in [-0.3, -0.25) is 14.9 Å². The molecule has 0 atom stereocenters. The topological polar surface area (TPSA) is 84.0 Å². The van der Waals surface area contributed by atoms with Crippen LogP contribution in [0.4, 0.5) is 5.69 Å². The highest BCUT2D eigenvalue weighted by atomic mass is 79.9. The first-order valence-corrected chi connectivity index (χ1v) is 5.41. The number of hydrogen-bond donors (Lipinski definition) is 0. The Morgan fingerprint density at radius 2 is 2.25 bits per heavy atom. The van der Waals surface area contributed by atoms with Gasteiger partial charge in [0.15, 0.2) is 5.78 Å².